The highest BCUT2D eigenvalue weighted by molar-refractivity contribution is 5.81. The lowest BCUT2D eigenvalue weighted by atomic mass is 9.90. The lowest BCUT2D eigenvalue weighted by Crippen LogP contribution is -2.45. The molecule has 0 aromatic heterocycles. The van der Waals surface area contributed by atoms with E-state index in [4.69, 9.17) is 4.74 Å². The van der Waals surface area contributed by atoms with E-state index in [1.54, 1.807) is 0 Å². The average Bonchev–Trinajstić information content (AvgIpc) is 3.11. The van der Waals surface area contributed by atoms with E-state index in [1.165, 1.54) is 4.90 Å². The number of likely N-dealkylation sites (tertiary alicyclic amines) is 1. The minimum atomic E-state index is -4.25. The number of carbonyl (C=O) groups is 2. The van der Waals surface area contributed by atoms with Gasteiger partial charge in [-0.1, -0.05) is 48.5 Å². The van der Waals surface area contributed by atoms with Crippen LogP contribution in [-0.2, 0) is 9.53 Å². The number of halogens is 3. The molecular weight excluding hydrogens is 449 g/mol. The molecule has 1 atom stereocenters. The number of ether oxygens (including phenoxy) is 1. The van der Waals surface area contributed by atoms with Gasteiger partial charge in [-0.25, -0.2) is 9.59 Å². The predicted molar refractivity (Wildman–Crippen MR) is 119 cm³/mol. The van der Waals surface area contributed by atoms with Crippen LogP contribution in [0.1, 0.15) is 36.3 Å². The second kappa shape index (κ2) is 10.0. The first-order valence-corrected chi connectivity index (χ1v) is 11.3. The Morgan fingerprint density at radius 1 is 1.03 bits per heavy atom. The van der Waals surface area contributed by atoms with Crippen molar-refractivity contribution in [3.05, 3.63) is 59.7 Å². The molecule has 9 heteroatoms. The molecule has 0 spiro atoms. The summed E-state index contributed by atoms with van der Waals surface area (Å²) < 4.78 is 43.1. The van der Waals surface area contributed by atoms with Crippen LogP contribution in [0.4, 0.5) is 18.0 Å². The molecule has 2 aromatic rings. The van der Waals surface area contributed by atoms with Gasteiger partial charge in [0.1, 0.15) is 12.6 Å². The smallest absolute Gasteiger partial charge is 0.407 e. The molecule has 1 heterocycles. The quantitative estimate of drug-likeness (QED) is 0.609. The van der Waals surface area contributed by atoms with Gasteiger partial charge in [0.05, 0.1) is 6.54 Å². The molecule has 2 N–H and O–H groups in total. The maximum atomic E-state index is 12.6. The fourth-order valence-corrected chi connectivity index (χ4v) is 4.97. The van der Waals surface area contributed by atoms with E-state index in [0.717, 1.165) is 22.3 Å². The fourth-order valence-electron chi connectivity index (χ4n) is 4.97. The van der Waals surface area contributed by atoms with Crippen LogP contribution in [0, 0.1) is 5.92 Å². The van der Waals surface area contributed by atoms with Gasteiger partial charge in [-0.3, -0.25) is 4.90 Å². The van der Waals surface area contributed by atoms with Gasteiger partial charge >= 0.3 is 18.2 Å². The Kier molecular flexibility index (Phi) is 7.11. The van der Waals surface area contributed by atoms with E-state index in [2.05, 4.69) is 5.32 Å². The van der Waals surface area contributed by atoms with Crippen LogP contribution in [0.25, 0.3) is 11.1 Å². The molecule has 6 nitrogen and oxygen atoms in total. The molecule has 4 rings (SSSR count). The third-order valence-electron chi connectivity index (χ3n) is 6.61. The monoisotopic (exact) mass is 476 g/mol. The van der Waals surface area contributed by atoms with Crippen molar-refractivity contribution in [2.75, 3.05) is 26.2 Å². The summed E-state index contributed by atoms with van der Waals surface area (Å²) in [5.41, 5.74) is 4.29. The molecule has 0 radical (unpaired) electrons. The Bertz CT molecular complexity index is 989. The molecule has 1 saturated heterocycles. The summed E-state index contributed by atoms with van der Waals surface area (Å²) in [6.45, 7) is -0.384. The number of aliphatic carboxylic acids is 1. The standard InChI is InChI=1S/C25H27F3N2O4/c26-25(27,28)15-30-11-9-16(10-12-30)13-22(23(31)32)29-24(33)34-14-21-19-7-3-1-5-17(19)18-6-2-4-8-20(18)21/h1-8,16,21-22H,9-15H2,(H,29,33)(H,31,32)/t22-/m0/s1. The van der Waals surface area contributed by atoms with Crippen molar-refractivity contribution < 1.29 is 32.6 Å². The van der Waals surface area contributed by atoms with E-state index in [1.807, 2.05) is 48.5 Å². The second-order valence-electron chi connectivity index (χ2n) is 8.93. The highest BCUT2D eigenvalue weighted by atomic mass is 19.4. The Morgan fingerprint density at radius 2 is 1.59 bits per heavy atom. The lowest BCUT2D eigenvalue weighted by molar-refractivity contribution is -0.148. The van der Waals surface area contributed by atoms with E-state index in [0.29, 0.717) is 12.8 Å². The molecule has 2 aromatic carbocycles. The number of rotatable bonds is 7. The van der Waals surface area contributed by atoms with E-state index >= 15 is 0 Å². The van der Waals surface area contributed by atoms with Gasteiger partial charge in [0.15, 0.2) is 0 Å². The lowest BCUT2D eigenvalue weighted by Gasteiger charge is -2.33. The maximum Gasteiger partial charge on any atom is 0.407 e. The number of carboxylic acids is 1. The van der Waals surface area contributed by atoms with Crippen molar-refractivity contribution >= 4 is 12.1 Å². The van der Waals surface area contributed by atoms with Gasteiger partial charge in [0, 0.05) is 5.92 Å². The van der Waals surface area contributed by atoms with Gasteiger partial charge in [-0.05, 0) is 60.5 Å². The molecule has 1 aliphatic carbocycles. The zero-order valence-corrected chi connectivity index (χ0v) is 18.6. The Balaban J connectivity index is 1.31. The molecule has 0 bridgehead atoms. The third kappa shape index (κ3) is 5.70. The number of amides is 1. The van der Waals surface area contributed by atoms with Crippen LogP contribution >= 0.6 is 0 Å². The molecule has 0 unspecified atom stereocenters. The number of nitrogens with zero attached hydrogens (tertiary/aromatic N) is 1. The van der Waals surface area contributed by atoms with Crippen molar-refractivity contribution in [1.82, 2.24) is 10.2 Å². The maximum absolute atomic E-state index is 12.6. The number of hydrogen-bond acceptors (Lipinski definition) is 4. The van der Waals surface area contributed by atoms with Crippen LogP contribution < -0.4 is 5.32 Å². The van der Waals surface area contributed by atoms with Gasteiger partial charge in [-0.2, -0.15) is 13.2 Å². The molecule has 182 valence electrons. The minimum absolute atomic E-state index is 0.0715. The molecule has 1 aliphatic heterocycles. The van der Waals surface area contributed by atoms with Gasteiger partial charge in [0.2, 0.25) is 0 Å². The highest BCUT2D eigenvalue weighted by Gasteiger charge is 2.34. The number of alkyl halides is 3. The first kappa shape index (κ1) is 24.1. The van der Waals surface area contributed by atoms with Crippen molar-refractivity contribution in [2.24, 2.45) is 5.92 Å². The molecular formula is C25H27F3N2O4. The van der Waals surface area contributed by atoms with E-state index < -0.39 is 30.8 Å². The number of piperidine rings is 1. The predicted octanol–water partition coefficient (Wildman–Crippen LogP) is 4.64. The minimum Gasteiger partial charge on any atom is -0.480 e. The molecule has 2 aliphatic rings. The van der Waals surface area contributed by atoms with Crippen molar-refractivity contribution in [2.45, 2.75) is 37.4 Å². The first-order chi connectivity index (χ1) is 16.2. The first-order valence-electron chi connectivity index (χ1n) is 11.3. The zero-order valence-electron chi connectivity index (χ0n) is 18.6. The van der Waals surface area contributed by atoms with Gasteiger partial charge < -0.3 is 15.2 Å². The summed E-state index contributed by atoms with van der Waals surface area (Å²) in [6.07, 6.45) is -4.01. The summed E-state index contributed by atoms with van der Waals surface area (Å²) in [4.78, 5) is 25.5. The van der Waals surface area contributed by atoms with Crippen LogP contribution in [-0.4, -0.2) is 60.5 Å². The average molecular weight is 476 g/mol. The fraction of sp³-hybridized carbons (Fsp3) is 0.440. The van der Waals surface area contributed by atoms with Gasteiger partial charge in [0.25, 0.3) is 0 Å². The second-order valence-corrected chi connectivity index (χ2v) is 8.93. The van der Waals surface area contributed by atoms with Crippen LogP contribution in [0.2, 0.25) is 0 Å². The number of fused-ring (bicyclic) bond motifs is 3. The van der Waals surface area contributed by atoms with Gasteiger partial charge in [-0.15, -0.1) is 0 Å². The number of alkyl carbamates (subject to hydrolysis) is 1. The molecule has 0 saturated carbocycles. The summed E-state index contributed by atoms with van der Waals surface area (Å²) >= 11 is 0. The Labute approximate surface area is 195 Å². The largest absolute Gasteiger partial charge is 0.480 e. The normalized spacial score (nSPS) is 17.6. The summed E-state index contributed by atoms with van der Waals surface area (Å²) in [7, 11) is 0. The van der Waals surface area contributed by atoms with E-state index in [9.17, 15) is 27.9 Å². The summed E-state index contributed by atoms with van der Waals surface area (Å²) in [5, 5.41) is 12.0. The van der Waals surface area contributed by atoms with Crippen molar-refractivity contribution in [1.29, 1.82) is 0 Å². The molecule has 1 amide bonds. The highest BCUT2D eigenvalue weighted by Crippen LogP contribution is 2.44. The molecule has 1 fully saturated rings. The molecule has 34 heavy (non-hydrogen) atoms. The Hall–Kier alpha value is -3.07. The summed E-state index contributed by atoms with van der Waals surface area (Å²) in [6, 6.07) is 14.6. The van der Waals surface area contributed by atoms with E-state index in [-0.39, 0.29) is 38.0 Å². The van der Waals surface area contributed by atoms with Crippen LogP contribution in [0.15, 0.2) is 48.5 Å². The number of nitrogens with one attached hydrogen (secondary N) is 1. The number of carbonyl (C=O) groups excluding carboxylic acids is 1. The number of benzene rings is 2. The van der Waals surface area contributed by atoms with Crippen LogP contribution in [0.5, 0.6) is 0 Å². The Morgan fingerprint density at radius 3 is 2.12 bits per heavy atom. The number of hydrogen-bond donors (Lipinski definition) is 2. The number of carboxylic acid groups (broad SMARTS) is 1. The topological polar surface area (TPSA) is 78.9 Å². The SMILES string of the molecule is O=C(N[C@@H](CC1CCN(CC(F)(F)F)CC1)C(=O)O)OCC1c2ccccc2-c2ccccc21. The van der Waals surface area contributed by atoms with Crippen molar-refractivity contribution in [3.8, 4) is 11.1 Å². The summed E-state index contributed by atoms with van der Waals surface area (Å²) in [5.74, 6) is -1.41. The van der Waals surface area contributed by atoms with Crippen LogP contribution in [0.3, 0.4) is 0 Å². The third-order valence-corrected chi connectivity index (χ3v) is 6.61. The van der Waals surface area contributed by atoms with Crippen molar-refractivity contribution in [3.63, 3.8) is 0 Å². The zero-order chi connectivity index (χ0) is 24.3.